The van der Waals surface area contributed by atoms with Crippen LogP contribution in [-0.2, 0) is 9.53 Å². The predicted octanol–water partition coefficient (Wildman–Crippen LogP) is 1.11. The second-order valence-corrected chi connectivity index (χ2v) is 4.87. The van der Waals surface area contributed by atoms with Gasteiger partial charge in [-0.15, -0.1) is 0 Å². The van der Waals surface area contributed by atoms with Gasteiger partial charge in [0.2, 0.25) is 5.91 Å². The molecule has 2 fully saturated rings. The third kappa shape index (κ3) is 2.21. The van der Waals surface area contributed by atoms with Gasteiger partial charge >= 0.3 is 6.03 Å². The summed E-state index contributed by atoms with van der Waals surface area (Å²) in [6.07, 6.45) is 0.723. The molecule has 2 atom stereocenters. The van der Waals surface area contributed by atoms with Crippen molar-refractivity contribution in [3.63, 3.8) is 0 Å². The molecular weight excluding hydrogens is 244 g/mol. The number of hydrogen-bond acceptors (Lipinski definition) is 3. The second kappa shape index (κ2) is 5.01. The van der Waals surface area contributed by atoms with Gasteiger partial charge in [0.15, 0.2) is 0 Å². The van der Waals surface area contributed by atoms with Gasteiger partial charge in [0.1, 0.15) is 0 Å². The van der Waals surface area contributed by atoms with Crippen molar-refractivity contribution in [3.05, 3.63) is 35.9 Å². The van der Waals surface area contributed by atoms with Gasteiger partial charge in [-0.25, -0.2) is 4.79 Å². The number of nitrogens with zero attached hydrogens (tertiary/aromatic N) is 1. The van der Waals surface area contributed by atoms with Crippen molar-refractivity contribution >= 4 is 11.9 Å². The molecule has 3 amide bonds. The topological polar surface area (TPSA) is 58.6 Å². The predicted molar refractivity (Wildman–Crippen MR) is 68.7 cm³/mol. The van der Waals surface area contributed by atoms with Crippen molar-refractivity contribution in [2.24, 2.45) is 0 Å². The van der Waals surface area contributed by atoms with Crippen LogP contribution in [0, 0.1) is 0 Å². The van der Waals surface area contributed by atoms with Gasteiger partial charge in [-0.2, -0.15) is 0 Å². The average Bonchev–Trinajstić information content (AvgIpc) is 2.94. The van der Waals surface area contributed by atoms with Gasteiger partial charge in [0, 0.05) is 13.2 Å². The lowest BCUT2D eigenvalue weighted by Gasteiger charge is -2.34. The minimum absolute atomic E-state index is 0.120. The number of nitrogens with one attached hydrogen (secondary N) is 1. The van der Waals surface area contributed by atoms with E-state index < -0.39 is 0 Å². The highest BCUT2D eigenvalue weighted by molar-refractivity contribution is 6.00. The van der Waals surface area contributed by atoms with Gasteiger partial charge in [-0.05, 0) is 12.0 Å². The Labute approximate surface area is 111 Å². The summed E-state index contributed by atoms with van der Waals surface area (Å²) in [5.41, 5.74) is 0.941. The molecule has 19 heavy (non-hydrogen) atoms. The summed E-state index contributed by atoms with van der Waals surface area (Å²) >= 11 is 0. The summed E-state index contributed by atoms with van der Waals surface area (Å²) < 4.78 is 5.27. The highest BCUT2D eigenvalue weighted by atomic mass is 16.5. The van der Waals surface area contributed by atoms with Gasteiger partial charge in [-0.3, -0.25) is 9.69 Å². The van der Waals surface area contributed by atoms with Crippen molar-refractivity contribution in [3.8, 4) is 0 Å². The van der Waals surface area contributed by atoms with Crippen LogP contribution in [0.4, 0.5) is 4.79 Å². The molecule has 1 N–H and O–H groups in total. The molecule has 0 bridgehead atoms. The Kier molecular flexibility index (Phi) is 3.21. The van der Waals surface area contributed by atoms with Gasteiger partial charge in [0.05, 0.1) is 18.6 Å². The second-order valence-electron chi connectivity index (χ2n) is 4.87. The molecule has 0 aliphatic carbocycles. The van der Waals surface area contributed by atoms with Crippen molar-refractivity contribution in [1.29, 1.82) is 0 Å². The molecule has 2 saturated heterocycles. The Morgan fingerprint density at radius 3 is 2.68 bits per heavy atom. The number of ether oxygens (including phenoxy) is 1. The number of amides is 3. The quantitative estimate of drug-likeness (QED) is 0.866. The zero-order chi connectivity index (χ0) is 13.2. The minimum atomic E-state index is -0.298. The lowest BCUT2D eigenvalue weighted by atomic mass is 9.95. The van der Waals surface area contributed by atoms with Crippen LogP contribution in [0.15, 0.2) is 30.3 Å². The summed E-state index contributed by atoms with van der Waals surface area (Å²) in [6.45, 7) is 1.42. The molecule has 1 aromatic carbocycles. The smallest absolute Gasteiger partial charge is 0.324 e. The van der Waals surface area contributed by atoms with E-state index in [0.717, 1.165) is 12.0 Å². The zero-order valence-electron chi connectivity index (χ0n) is 10.5. The van der Waals surface area contributed by atoms with Crippen LogP contribution in [0.1, 0.15) is 17.9 Å². The zero-order valence-corrected chi connectivity index (χ0v) is 10.5. The Hall–Kier alpha value is -1.88. The molecule has 0 radical (unpaired) electrons. The maximum atomic E-state index is 12.5. The van der Waals surface area contributed by atoms with Gasteiger partial charge in [-0.1, -0.05) is 30.3 Å². The molecule has 5 heteroatoms. The van der Waals surface area contributed by atoms with Crippen LogP contribution in [0.25, 0.3) is 0 Å². The van der Waals surface area contributed by atoms with E-state index in [-0.39, 0.29) is 23.9 Å². The Bertz CT molecular complexity index is 483. The van der Waals surface area contributed by atoms with E-state index in [1.807, 2.05) is 30.3 Å². The summed E-state index contributed by atoms with van der Waals surface area (Å²) in [5.74, 6) is -0.412. The number of carbonyl (C=O) groups is 2. The first-order chi connectivity index (χ1) is 9.27. The molecule has 0 saturated carbocycles. The fourth-order valence-corrected chi connectivity index (χ4v) is 2.65. The van der Waals surface area contributed by atoms with E-state index in [1.165, 1.54) is 4.90 Å². The molecule has 0 aromatic heterocycles. The molecule has 1 aromatic rings. The molecule has 3 rings (SSSR count). The standard InChI is InChI=1S/C14H16N2O3/c17-13-12(10-4-2-1-3-5-10)8-15-14(18)16(13)11-6-7-19-9-11/h1-5,11-12H,6-9H2,(H,15,18). The first-order valence-corrected chi connectivity index (χ1v) is 6.51. The van der Waals surface area contributed by atoms with E-state index >= 15 is 0 Å². The van der Waals surface area contributed by atoms with E-state index in [9.17, 15) is 9.59 Å². The van der Waals surface area contributed by atoms with Crippen molar-refractivity contribution in [1.82, 2.24) is 10.2 Å². The Morgan fingerprint density at radius 2 is 2.00 bits per heavy atom. The van der Waals surface area contributed by atoms with E-state index in [2.05, 4.69) is 5.32 Å². The molecule has 2 aliphatic heterocycles. The number of hydrogen-bond donors (Lipinski definition) is 1. The third-order valence-corrected chi connectivity index (χ3v) is 3.68. The van der Waals surface area contributed by atoms with Crippen molar-refractivity contribution < 1.29 is 14.3 Å². The first-order valence-electron chi connectivity index (χ1n) is 6.51. The SMILES string of the molecule is O=C1NCC(c2ccccc2)C(=O)N1C1CCOC1. The summed E-state index contributed by atoms with van der Waals surface area (Å²) in [5, 5.41) is 2.80. The average molecular weight is 260 g/mol. The number of carbonyl (C=O) groups excluding carboxylic acids is 2. The molecule has 0 spiro atoms. The van der Waals surface area contributed by atoms with Crippen LogP contribution in [-0.4, -0.2) is 42.6 Å². The lowest BCUT2D eigenvalue weighted by molar-refractivity contribution is -0.132. The summed E-state index contributed by atoms with van der Waals surface area (Å²) in [7, 11) is 0. The molecular formula is C14H16N2O3. The fourth-order valence-electron chi connectivity index (χ4n) is 2.65. The normalized spacial score (nSPS) is 27.5. The van der Waals surface area contributed by atoms with E-state index in [1.54, 1.807) is 0 Å². The van der Waals surface area contributed by atoms with Gasteiger partial charge in [0.25, 0.3) is 0 Å². The maximum absolute atomic E-state index is 12.5. The highest BCUT2D eigenvalue weighted by Crippen LogP contribution is 2.25. The van der Waals surface area contributed by atoms with E-state index in [0.29, 0.717) is 19.8 Å². The first kappa shape index (κ1) is 12.2. The van der Waals surface area contributed by atoms with Crippen LogP contribution in [0.2, 0.25) is 0 Å². The van der Waals surface area contributed by atoms with Crippen LogP contribution >= 0.6 is 0 Å². The van der Waals surface area contributed by atoms with Crippen LogP contribution < -0.4 is 5.32 Å². The van der Waals surface area contributed by atoms with Crippen molar-refractivity contribution in [2.45, 2.75) is 18.4 Å². The summed E-state index contributed by atoms with van der Waals surface area (Å²) in [4.78, 5) is 25.8. The number of urea groups is 1. The minimum Gasteiger partial charge on any atom is -0.379 e. The molecule has 2 heterocycles. The van der Waals surface area contributed by atoms with Crippen molar-refractivity contribution in [2.75, 3.05) is 19.8 Å². The lowest BCUT2D eigenvalue weighted by Crippen LogP contribution is -2.57. The molecule has 100 valence electrons. The highest BCUT2D eigenvalue weighted by Gasteiger charge is 2.40. The number of imide groups is 1. The molecule has 5 nitrogen and oxygen atoms in total. The Balaban J connectivity index is 1.85. The summed E-state index contributed by atoms with van der Waals surface area (Å²) in [6, 6.07) is 9.14. The number of benzene rings is 1. The van der Waals surface area contributed by atoms with E-state index in [4.69, 9.17) is 4.74 Å². The maximum Gasteiger partial charge on any atom is 0.324 e. The van der Waals surface area contributed by atoms with Crippen LogP contribution in [0.3, 0.4) is 0 Å². The molecule has 2 unspecified atom stereocenters. The van der Waals surface area contributed by atoms with Crippen LogP contribution in [0.5, 0.6) is 0 Å². The monoisotopic (exact) mass is 260 g/mol. The number of rotatable bonds is 2. The Morgan fingerprint density at radius 1 is 1.21 bits per heavy atom. The molecule has 2 aliphatic rings. The van der Waals surface area contributed by atoms with Gasteiger partial charge < -0.3 is 10.1 Å². The largest absolute Gasteiger partial charge is 0.379 e. The fraction of sp³-hybridized carbons (Fsp3) is 0.429. The third-order valence-electron chi connectivity index (χ3n) is 3.68.